The average molecular weight is 354 g/mol. The van der Waals surface area contributed by atoms with Gasteiger partial charge in [-0.1, -0.05) is 17.7 Å². The van der Waals surface area contributed by atoms with E-state index < -0.39 is 6.10 Å². The first-order valence-corrected chi connectivity index (χ1v) is 9.15. The summed E-state index contributed by atoms with van der Waals surface area (Å²) < 4.78 is 11.2. The van der Waals surface area contributed by atoms with Crippen LogP contribution in [0.3, 0.4) is 0 Å². The van der Waals surface area contributed by atoms with Crippen molar-refractivity contribution in [3.05, 3.63) is 57.1 Å². The summed E-state index contributed by atoms with van der Waals surface area (Å²) >= 11 is 1.53. The van der Waals surface area contributed by atoms with Crippen LogP contribution in [0.1, 0.15) is 51.0 Å². The number of aryl methyl sites for hydroxylation is 3. The molecule has 128 valence electrons. The Morgan fingerprint density at radius 2 is 2.04 bits per heavy atom. The maximum absolute atomic E-state index is 12.3. The Balaban J connectivity index is 1.46. The smallest absolute Gasteiger partial charge is 0.349 e. The lowest BCUT2D eigenvalue weighted by Gasteiger charge is -2.08. The van der Waals surface area contributed by atoms with Crippen LogP contribution in [0.4, 0.5) is 0 Å². The molecule has 2 heterocycles. The molecule has 0 amide bonds. The molecular weight excluding hydrogens is 336 g/mol. The van der Waals surface area contributed by atoms with Crippen molar-refractivity contribution < 1.29 is 13.9 Å². The SMILES string of the molecule is Cc1ccc(-c2nnc([C@H](C)OC(=O)c3cc4c(s3)CCC4)o2)cc1. The molecule has 1 aliphatic rings. The van der Waals surface area contributed by atoms with Crippen LogP contribution in [0.2, 0.25) is 0 Å². The molecule has 0 saturated heterocycles. The molecule has 6 heteroatoms. The summed E-state index contributed by atoms with van der Waals surface area (Å²) in [6.07, 6.45) is 2.71. The van der Waals surface area contributed by atoms with E-state index in [9.17, 15) is 4.79 Å². The van der Waals surface area contributed by atoms with E-state index in [4.69, 9.17) is 9.15 Å². The van der Waals surface area contributed by atoms with E-state index in [2.05, 4.69) is 10.2 Å². The summed E-state index contributed by atoms with van der Waals surface area (Å²) in [5.74, 6) is 0.392. The highest BCUT2D eigenvalue weighted by Crippen LogP contribution is 2.32. The van der Waals surface area contributed by atoms with Crippen LogP contribution in [-0.2, 0) is 17.6 Å². The fourth-order valence-corrected chi connectivity index (χ4v) is 4.05. The van der Waals surface area contributed by atoms with E-state index in [0.717, 1.165) is 24.0 Å². The van der Waals surface area contributed by atoms with Crippen molar-refractivity contribution in [3.8, 4) is 11.5 Å². The number of aromatic nitrogens is 2. The first-order chi connectivity index (χ1) is 12.1. The number of benzene rings is 1. The fourth-order valence-electron chi connectivity index (χ4n) is 2.91. The van der Waals surface area contributed by atoms with E-state index in [1.165, 1.54) is 28.2 Å². The molecule has 1 atom stereocenters. The maximum Gasteiger partial charge on any atom is 0.349 e. The van der Waals surface area contributed by atoms with Crippen molar-refractivity contribution in [3.63, 3.8) is 0 Å². The molecule has 25 heavy (non-hydrogen) atoms. The van der Waals surface area contributed by atoms with Crippen LogP contribution >= 0.6 is 11.3 Å². The number of hydrogen-bond acceptors (Lipinski definition) is 6. The molecule has 3 aromatic rings. The molecule has 5 nitrogen and oxygen atoms in total. The van der Waals surface area contributed by atoms with Crippen LogP contribution in [-0.4, -0.2) is 16.2 Å². The van der Waals surface area contributed by atoms with E-state index >= 15 is 0 Å². The van der Waals surface area contributed by atoms with Gasteiger partial charge in [0, 0.05) is 10.4 Å². The van der Waals surface area contributed by atoms with Crippen molar-refractivity contribution >= 4 is 17.3 Å². The molecule has 0 saturated carbocycles. The summed E-state index contributed by atoms with van der Waals surface area (Å²) in [5.41, 5.74) is 3.29. The quantitative estimate of drug-likeness (QED) is 0.645. The summed E-state index contributed by atoms with van der Waals surface area (Å²) in [7, 11) is 0. The Kier molecular flexibility index (Phi) is 4.13. The summed E-state index contributed by atoms with van der Waals surface area (Å²) in [5, 5.41) is 8.07. The molecule has 0 N–H and O–H groups in total. The van der Waals surface area contributed by atoms with Crippen LogP contribution < -0.4 is 0 Å². The lowest BCUT2D eigenvalue weighted by molar-refractivity contribution is 0.0285. The van der Waals surface area contributed by atoms with Crippen LogP contribution in [0, 0.1) is 6.92 Å². The Morgan fingerprint density at radius 1 is 1.24 bits per heavy atom. The van der Waals surface area contributed by atoms with Crippen molar-refractivity contribution in [2.75, 3.05) is 0 Å². The van der Waals surface area contributed by atoms with Crippen LogP contribution in [0.25, 0.3) is 11.5 Å². The zero-order valence-electron chi connectivity index (χ0n) is 14.1. The molecule has 0 unspecified atom stereocenters. The molecule has 0 fully saturated rings. The molecule has 0 spiro atoms. The Bertz CT molecular complexity index is 890. The van der Waals surface area contributed by atoms with Gasteiger partial charge >= 0.3 is 5.97 Å². The highest BCUT2D eigenvalue weighted by Gasteiger charge is 2.23. The highest BCUT2D eigenvalue weighted by atomic mass is 32.1. The second kappa shape index (κ2) is 6.44. The van der Waals surface area contributed by atoms with E-state index in [1.807, 2.05) is 37.3 Å². The number of rotatable bonds is 4. The Morgan fingerprint density at radius 3 is 2.80 bits per heavy atom. The first-order valence-electron chi connectivity index (χ1n) is 8.33. The van der Waals surface area contributed by atoms with Gasteiger partial charge in [0.25, 0.3) is 5.89 Å². The minimum atomic E-state index is -0.587. The number of carbonyl (C=O) groups excluding carboxylic acids is 1. The number of fused-ring (bicyclic) bond motifs is 1. The number of ether oxygens (including phenoxy) is 1. The fraction of sp³-hybridized carbons (Fsp3) is 0.316. The molecule has 0 aliphatic heterocycles. The van der Waals surface area contributed by atoms with Crippen molar-refractivity contribution in [1.29, 1.82) is 0 Å². The molecular formula is C19H18N2O3S. The standard InChI is InChI=1S/C19H18N2O3S/c1-11-6-8-13(9-7-11)18-21-20-17(24-18)12(2)23-19(22)16-10-14-4-3-5-15(14)25-16/h6-10,12H,3-5H2,1-2H3/t12-/m0/s1. The predicted molar refractivity (Wildman–Crippen MR) is 94.6 cm³/mol. The average Bonchev–Trinajstić information content (AvgIpc) is 3.31. The monoisotopic (exact) mass is 354 g/mol. The van der Waals surface area contributed by atoms with E-state index in [1.54, 1.807) is 6.92 Å². The third-order valence-corrected chi connectivity index (χ3v) is 5.54. The van der Waals surface area contributed by atoms with Gasteiger partial charge in [-0.3, -0.25) is 0 Å². The van der Waals surface area contributed by atoms with E-state index in [-0.39, 0.29) is 5.97 Å². The summed E-state index contributed by atoms with van der Waals surface area (Å²) in [4.78, 5) is 14.3. The van der Waals surface area contributed by atoms with Gasteiger partial charge in [0.2, 0.25) is 5.89 Å². The first kappa shape index (κ1) is 16.0. The minimum absolute atomic E-state index is 0.299. The normalized spacial score (nSPS) is 14.3. The summed E-state index contributed by atoms with van der Waals surface area (Å²) in [6, 6.07) is 9.78. The van der Waals surface area contributed by atoms with Gasteiger partial charge in [0.1, 0.15) is 4.88 Å². The Hall–Kier alpha value is -2.47. The Labute approximate surface area is 149 Å². The van der Waals surface area contributed by atoms with E-state index in [0.29, 0.717) is 16.7 Å². The topological polar surface area (TPSA) is 65.2 Å². The van der Waals surface area contributed by atoms with Crippen molar-refractivity contribution in [2.45, 2.75) is 39.2 Å². The van der Waals surface area contributed by atoms with Gasteiger partial charge in [-0.15, -0.1) is 21.5 Å². The number of hydrogen-bond donors (Lipinski definition) is 0. The molecule has 0 radical (unpaired) electrons. The zero-order chi connectivity index (χ0) is 17.4. The van der Waals surface area contributed by atoms with Crippen molar-refractivity contribution in [1.82, 2.24) is 10.2 Å². The number of nitrogens with zero attached hydrogens (tertiary/aromatic N) is 2. The largest absolute Gasteiger partial charge is 0.448 e. The molecule has 1 aromatic carbocycles. The highest BCUT2D eigenvalue weighted by molar-refractivity contribution is 7.14. The van der Waals surface area contributed by atoms with Gasteiger partial charge in [0.15, 0.2) is 6.10 Å². The lowest BCUT2D eigenvalue weighted by Crippen LogP contribution is -2.08. The minimum Gasteiger partial charge on any atom is -0.448 e. The second-order valence-corrected chi connectivity index (χ2v) is 7.41. The van der Waals surface area contributed by atoms with Gasteiger partial charge in [-0.2, -0.15) is 0 Å². The molecule has 2 aromatic heterocycles. The third-order valence-electron chi connectivity index (χ3n) is 4.32. The van der Waals surface area contributed by atoms with Gasteiger partial charge in [-0.25, -0.2) is 4.79 Å². The second-order valence-electron chi connectivity index (χ2n) is 6.27. The predicted octanol–water partition coefficient (Wildman–Crippen LogP) is 4.51. The van der Waals surface area contributed by atoms with Gasteiger partial charge in [0.05, 0.1) is 0 Å². The van der Waals surface area contributed by atoms with Crippen LogP contribution in [0.5, 0.6) is 0 Å². The van der Waals surface area contributed by atoms with Gasteiger partial charge in [-0.05, 0) is 56.9 Å². The third kappa shape index (κ3) is 3.22. The van der Waals surface area contributed by atoms with Gasteiger partial charge < -0.3 is 9.15 Å². The number of esters is 1. The number of thiophene rings is 1. The maximum atomic E-state index is 12.3. The molecule has 1 aliphatic carbocycles. The van der Waals surface area contributed by atoms with Crippen LogP contribution in [0.15, 0.2) is 34.7 Å². The summed E-state index contributed by atoms with van der Waals surface area (Å²) in [6.45, 7) is 3.76. The number of carbonyl (C=O) groups is 1. The molecule has 4 rings (SSSR count). The van der Waals surface area contributed by atoms with Crippen molar-refractivity contribution in [2.24, 2.45) is 0 Å². The lowest BCUT2D eigenvalue weighted by atomic mass is 10.1. The molecule has 0 bridgehead atoms. The zero-order valence-corrected chi connectivity index (χ0v) is 14.9.